The first kappa shape index (κ1) is 22.2. The van der Waals surface area contributed by atoms with Crippen molar-refractivity contribution >= 4 is 29.9 Å². The van der Waals surface area contributed by atoms with Crippen LogP contribution in [0.5, 0.6) is 5.75 Å². The Balaban J connectivity index is 0.00000261. The van der Waals surface area contributed by atoms with Crippen molar-refractivity contribution in [1.82, 2.24) is 10.6 Å². The summed E-state index contributed by atoms with van der Waals surface area (Å²) in [6.07, 6.45) is 1.08. The monoisotopic (exact) mass is 489 g/mol. The van der Waals surface area contributed by atoms with Gasteiger partial charge in [0.2, 0.25) is 0 Å². The molecule has 0 aliphatic carbocycles. The van der Waals surface area contributed by atoms with Crippen LogP contribution in [0.1, 0.15) is 24.5 Å². The SMILES string of the molecule is CN=C(NCc1ccc(C)cc1OCC1CCOC1)NCC1(C)COC1.I. The lowest BCUT2D eigenvalue weighted by atomic mass is 9.89. The number of hydrogen-bond donors (Lipinski definition) is 2. The number of halogens is 1. The minimum absolute atomic E-state index is 0. The topological polar surface area (TPSA) is 64.1 Å². The molecule has 0 spiro atoms. The van der Waals surface area contributed by atoms with Gasteiger partial charge in [0.25, 0.3) is 0 Å². The molecule has 0 saturated carbocycles. The Bertz CT molecular complexity index is 629. The van der Waals surface area contributed by atoms with Gasteiger partial charge >= 0.3 is 0 Å². The van der Waals surface area contributed by atoms with Gasteiger partial charge in [-0.05, 0) is 25.0 Å². The van der Waals surface area contributed by atoms with Crippen LogP contribution >= 0.6 is 24.0 Å². The van der Waals surface area contributed by atoms with Crippen molar-refractivity contribution in [3.05, 3.63) is 29.3 Å². The average molecular weight is 489 g/mol. The summed E-state index contributed by atoms with van der Waals surface area (Å²) in [5, 5.41) is 6.78. The maximum absolute atomic E-state index is 6.11. The fourth-order valence-corrected chi connectivity index (χ4v) is 3.11. The van der Waals surface area contributed by atoms with Crippen LogP contribution in [0.4, 0.5) is 0 Å². The Labute approximate surface area is 179 Å². The van der Waals surface area contributed by atoms with Gasteiger partial charge in [0.1, 0.15) is 5.75 Å². The largest absolute Gasteiger partial charge is 0.493 e. The molecule has 2 aliphatic heterocycles. The molecule has 3 rings (SSSR count). The summed E-state index contributed by atoms with van der Waals surface area (Å²) in [7, 11) is 1.79. The zero-order chi connectivity index (χ0) is 18.4. The molecule has 2 aliphatic rings. The molecule has 152 valence electrons. The van der Waals surface area contributed by atoms with Gasteiger partial charge in [-0.25, -0.2) is 0 Å². The van der Waals surface area contributed by atoms with Crippen molar-refractivity contribution in [2.24, 2.45) is 16.3 Å². The molecule has 0 radical (unpaired) electrons. The molecule has 2 fully saturated rings. The molecule has 0 aromatic heterocycles. The van der Waals surface area contributed by atoms with E-state index in [9.17, 15) is 0 Å². The van der Waals surface area contributed by atoms with E-state index in [2.05, 4.69) is 47.7 Å². The number of guanidine groups is 1. The Hall–Kier alpha value is -1.06. The first-order valence-electron chi connectivity index (χ1n) is 9.40. The van der Waals surface area contributed by atoms with E-state index in [0.29, 0.717) is 19.1 Å². The number of ether oxygens (including phenoxy) is 3. The van der Waals surface area contributed by atoms with E-state index < -0.39 is 0 Å². The summed E-state index contributed by atoms with van der Waals surface area (Å²) >= 11 is 0. The van der Waals surface area contributed by atoms with Crippen LogP contribution in [0.3, 0.4) is 0 Å². The predicted octanol–water partition coefficient (Wildman–Crippen LogP) is 2.73. The van der Waals surface area contributed by atoms with Gasteiger partial charge in [-0.1, -0.05) is 19.1 Å². The van der Waals surface area contributed by atoms with Crippen LogP contribution in [0.2, 0.25) is 0 Å². The number of hydrogen-bond acceptors (Lipinski definition) is 4. The number of aryl methyl sites for hydroxylation is 1. The molecule has 27 heavy (non-hydrogen) atoms. The number of aliphatic imine (C=N–C) groups is 1. The van der Waals surface area contributed by atoms with Gasteiger partial charge in [-0.15, -0.1) is 24.0 Å². The second kappa shape index (κ2) is 10.5. The molecule has 1 atom stereocenters. The first-order chi connectivity index (χ1) is 12.6. The van der Waals surface area contributed by atoms with Gasteiger partial charge < -0.3 is 24.8 Å². The van der Waals surface area contributed by atoms with Gasteiger partial charge in [-0.2, -0.15) is 0 Å². The molecule has 0 bridgehead atoms. The smallest absolute Gasteiger partial charge is 0.191 e. The van der Waals surface area contributed by atoms with Crippen LogP contribution < -0.4 is 15.4 Å². The van der Waals surface area contributed by atoms with Crippen LogP contribution in [0.15, 0.2) is 23.2 Å². The average Bonchev–Trinajstić information content (AvgIpc) is 3.13. The van der Waals surface area contributed by atoms with Crippen LogP contribution in [-0.4, -0.2) is 52.6 Å². The molecule has 2 saturated heterocycles. The Morgan fingerprint density at radius 3 is 2.74 bits per heavy atom. The standard InChI is InChI=1S/C20H31N3O3.HI/c1-15-4-5-17(18(8-15)26-11-16-6-7-24-10-16)9-22-19(21-3)23-12-20(2)13-25-14-20;/h4-5,8,16H,6-7,9-14H2,1-3H3,(H2,21,22,23);1H. The van der Waals surface area contributed by atoms with E-state index in [0.717, 1.165) is 56.7 Å². The lowest BCUT2D eigenvalue weighted by Gasteiger charge is -2.38. The third-order valence-electron chi connectivity index (χ3n) is 4.97. The maximum Gasteiger partial charge on any atom is 0.191 e. The second-order valence-corrected chi connectivity index (χ2v) is 7.73. The zero-order valence-corrected chi connectivity index (χ0v) is 18.9. The van der Waals surface area contributed by atoms with E-state index in [1.165, 1.54) is 5.56 Å². The fraction of sp³-hybridized carbons (Fsp3) is 0.650. The Morgan fingerprint density at radius 2 is 2.11 bits per heavy atom. The highest BCUT2D eigenvalue weighted by Gasteiger charge is 2.33. The number of nitrogens with one attached hydrogen (secondary N) is 2. The minimum Gasteiger partial charge on any atom is -0.493 e. The summed E-state index contributed by atoms with van der Waals surface area (Å²) in [6, 6.07) is 6.35. The van der Waals surface area contributed by atoms with Crippen LogP contribution in [-0.2, 0) is 16.0 Å². The van der Waals surface area contributed by atoms with E-state index in [1.54, 1.807) is 7.05 Å². The fourth-order valence-electron chi connectivity index (χ4n) is 3.11. The summed E-state index contributed by atoms with van der Waals surface area (Å²) in [4.78, 5) is 4.32. The van der Waals surface area contributed by atoms with Gasteiger partial charge in [0, 0.05) is 43.6 Å². The molecule has 1 aromatic carbocycles. The predicted molar refractivity (Wildman–Crippen MR) is 118 cm³/mol. The van der Waals surface area contributed by atoms with Crippen molar-refractivity contribution in [2.45, 2.75) is 26.8 Å². The third kappa shape index (κ3) is 6.50. The highest BCUT2D eigenvalue weighted by molar-refractivity contribution is 14.0. The molecule has 1 unspecified atom stereocenters. The quantitative estimate of drug-likeness (QED) is 0.351. The Kier molecular flexibility index (Phi) is 8.62. The van der Waals surface area contributed by atoms with E-state index in [1.807, 2.05) is 0 Å². The van der Waals surface area contributed by atoms with Crippen molar-refractivity contribution in [3.8, 4) is 5.75 Å². The molecular formula is C20H32IN3O3. The lowest BCUT2D eigenvalue weighted by molar-refractivity contribution is -0.0971. The summed E-state index contributed by atoms with van der Waals surface area (Å²) in [5.74, 6) is 2.24. The van der Waals surface area contributed by atoms with Crippen LogP contribution in [0, 0.1) is 18.3 Å². The molecule has 1 aromatic rings. The van der Waals surface area contributed by atoms with Crippen molar-refractivity contribution in [1.29, 1.82) is 0 Å². The highest BCUT2D eigenvalue weighted by atomic mass is 127. The first-order valence-corrected chi connectivity index (χ1v) is 9.40. The number of nitrogens with zero attached hydrogens (tertiary/aromatic N) is 1. The molecule has 7 heteroatoms. The van der Waals surface area contributed by atoms with E-state index in [-0.39, 0.29) is 29.4 Å². The number of rotatable bonds is 7. The summed E-state index contributed by atoms with van der Waals surface area (Å²) < 4.78 is 16.9. The third-order valence-corrected chi connectivity index (χ3v) is 4.97. The highest BCUT2D eigenvalue weighted by Crippen LogP contribution is 2.25. The van der Waals surface area contributed by atoms with E-state index >= 15 is 0 Å². The maximum atomic E-state index is 6.11. The number of benzene rings is 1. The zero-order valence-electron chi connectivity index (χ0n) is 16.5. The minimum atomic E-state index is 0. The second-order valence-electron chi connectivity index (χ2n) is 7.73. The summed E-state index contributed by atoms with van der Waals surface area (Å²) in [6.45, 7) is 9.80. The van der Waals surface area contributed by atoms with Crippen LogP contribution in [0.25, 0.3) is 0 Å². The molecule has 6 nitrogen and oxygen atoms in total. The van der Waals surface area contributed by atoms with Gasteiger partial charge in [0.15, 0.2) is 5.96 Å². The Morgan fingerprint density at radius 1 is 1.30 bits per heavy atom. The van der Waals surface area contributed by atoms with Crippen molar-refractivity contribution < 1.29 is 14.2 Å². The molecule has 2 N–H and O–H groups in total. The van der Waals surface area contributed by atoms with E-state index in [4.69, 9.17) is 14.2 Å². The normalized spacial score (nSPS) is 21.1. The molecular weight excluding hydrogens is 457 g/mol. The van der Waals surface area contributed by atoms with Crippen molar-refractivity contribution in [3.63, 3.8) is 0 Å². The van der Waals surface area contributed by atoms with Gasteiger partial charge in [-0.3, -0.25) is 4.99 Å². The molecule has 2 heterocycles. The lowest BCUT2D eigenvalue weighted by Crippen LogP contribution is -2.50. The molecule has 0 amide bonds. The van der Waals surface area contributed by atoms with Crippen molar-refractivity contribution in [2.75, 3.05) is 46.6 Å². The summed E-state index contributed by atoms with van der Waals surface area (Å²) in [5.41, 5.74) is 2.54. The van der Waals surface area contributed by atoms with Gasteiger partial charge in [0.05, 0.1) is 26.4 Å².